The molecule has 1 amide bonds. The number of hydrogen-bond acceptors (Lipinski definition) is 7. The summed E-state index contributed by atoms with van der Waals surface area (Å²) in [5.41, 5.74) is 3.46. The predicted molar refractivity (Wildman–Crippen MR) is 125 cm³/mol. The average Bonchev–Trinajstić information content (AvgIpc) is 3.52. The molecule has 0 spiro atoms. The highest BCUT2D eigenvalue weighted by Gasteiger charge is 2.26. The van der Waals surface area contributed by atoms with Gasteiger partial charge in [-0.15, -0.1) is 5.10 Å². The van der Waals surface area contributed by atoms with Crippen molar-refractivity contribution in [3.8, 4) is 11.3 Å². The number of pyridine rings is 1. The number of carbonyl (C=O) groups excluding carboxylic acids is 1. The number of rotatable bonds is 5. The Morgan fingerprint density at radius 2 is 1.79 bits per heavy atom. The largest absolute Gasteiger partial charge is 0.422 e. The van der Waals surface area contributed by atoms with Crippen molar-refractivity contribution in [1.82, 2.24) is 29.9 Å². The molecule has 0 atom stereocenters. The number of amides is 1. The van der Waals surface area contributed by atoms with Crippen molar-refractivity contribution in [2.45, 2.75) is 26.3 Å². The van der Waals surface area contributed by atoms with Crippen LogP contribution in [0.2, 0.25) is 0 Å². The van der Waals surface area contributed by atoms with Gasteiger partial charge >= 0.3 is 0 Å². The van der Waals surface area contributed by atoms with Crippen LogP contribution in [0.15, 0.2) is 47.0 Å². The van der Waals surface area contributed by atoms with E-state index < -0.39 is 12.2 Å². The summed E-state index contributed by atoms with van der Waals surface area (Å²) < 4.78 is 20.6. The number of anilines is 1. The maximum Gasteiger partial charge on any atom is 0.300 e. The summed E-state index contributed by atoms with van der Waals surface area (Å²) in [6.07, 6.45) is 1.72. The van der Waals surface area contributed by atoms with E-state index in [-0.39, 0.29) is 5.91 Å². The Balaban J connectivity index is 1.23. The maximum atomic E-state index is 13.2. The van der Waals surface area contributed by atoms with Crippen LogP contribution in [0, 0.1) is 6.92 Å². The van der Waals surface area contributed by atoms with Crippen molar-refractivity contribution in [2.75, 3.05) is 37.8 Å². The van der Waals surface area contributed by atoms with E-state index in [1.807, 2.05) is 41.0 Å². The van der Waals surface area contributed by atoms with Crippen molar-refractivity contribution >= 4 is 23.2 Å². The number of piperazine rings is 1. The summed E-state index contributed by atoms with van der Waals surface area (Å²) in [5.74, 6) is -0.0247. The van der Waals surface area contributed by atoms with Gasteiger partial charge in [0.05, 0.1) is 11.7 Å². The number of benzene rings is 1. The number of aryl methyl sites for hydroxylation is 1. The van der Waals surface area contributed by atoms with Gasteiger partial charge in [0, 0.05) is 43.0 Å². The van der Waals surface area contributed by atoms with Crippen LogP contribution in [0.5, 0.6) is 0 Å². The fourth-order valence-corrected chi connectivity index (χ4v) is 3.86. The molecule has 4 aromatic rings. The summed E-state index contributed by atoms with van der Waals surface area (Å²) in [5, 5.41) is 8.20. The quantitative estimate of drug-likeness (QED) is 0.447. The Morgan fingerprint density at radius 3 is 2.50 bits per heavy atom. The standard InChI is InChI=1S/C24H26FN7O2/c1-16-4-9-20-21(26-16)27-23(34-20)31-12-10-30(11-13-31)22(33)18-7-5-17(6-8-18)19-14-32(29-28-19)24(2,3)15-25/h4-9,14H,10-13,15H2,1-3H3. The average molecular weight is 464 g/mol. The minimum Gasteiger partial charge on any atom is -0.422 e. The molecular formula is C24H26FN7O2. The van der Waals surface area contributed by atoms with Gasteiger partial charge in [0.25, 0.3) is 11.9 Å². The molecule has 9 nitrogen and oxygen atoms in total. The van der Waals surface area contributed by atoms with Crippen molar-refractivity contribution in [1.29, 1.82) is 0 Å². The zero-order valence-electron chi connectivity index (χ0n) is 19.4. The molecule has 34 heavy (non-hydrogen) atoms. The Hall–Kier alpha value is -3.82. The van der Waals surface area contributed by atoms with E-state index in [1.54, 1.807) is 32.2 Å². The van der Waals surface area contributed by atoms with Crippen LogP contribution in [-0.4, -0.2) is 68.6 Å². The van der Waals surface area contributed by atoms with Gasteiger partial charge in [-0.2, -0.15) is 4.98 Å². The van der Waals surface area contributed by atoms with Gasteiger partial charge in [-0.1, -0.05) is 17.3 Å². The van der Waals surface area contributed by atoms with Gasteiger partial charge < -0.3 is 14.2 Å². The SMILES string of the molecule is Cc1ccc2oc(N3CCN(C(=O)c4ccc(-c5cn(C(C)(C)CF)nn5)cc4)CC3)nc2n1. The minimum absolute atomic E-state index is 0.0247. The van der Waals surface area contributed by atoms with E-state index >= 15 is 0 Å². The van der Waals surface area contributed by atoms with Crippen LogP contribution >= 0.6 is 0 Å². The Morgan fingerprint density at radius 1 is 1.06 bits per heavy atom. The second-order valence-corrected chi connectivity index (χ2v) is 9.12. The first-order valence-corrected chi connectivity index (χ1v) is 11.2. The zero-order chi connectivity index (χ0) is 23.9. The topological polar surface area (TPSA) is 93.2 Å². The number of oxazole rings is 1. The second-order valence-electron chi connectivity index (χ2n) is 9.12. The molecule has 1 aliphatic rings. The summed E-state index contributed by atoms with van der Waals surface area (Å²) in [6.45, 7) is 7.29. The first kappa shape index (κ1) is 22.0. The monoisotopic (exact) mass is 463 g/mol. The molecule has 1 aromatic carbocycles. The predicted octanol–water partition coefficient (Wildman–Crippen LogP) is 3.46. The van der Waals surface area contributed by atoms with E-state index in [0.717, 1.165) is 11.3 Å². The van der Waals surface area contributed by atoms with Gasteiger partial charge in [0.15, 0.2) is 5.58 Å². The normalized spacial score (nSPS) is 14.7. The molecule has 0 radical (unpaired) electrons. The number of nitrogens with zero attached hydrogens (tertiary/aromatic N) is 7. The maximum absolute atomic E-state index is 13.2. The number of hydrogen-bond donors (Lipinski definition) is 0. The van der Waals surface area contributed by atoms with E-state index in [9.17, 15) is 9.18 Å². The van der Waals surface area contributed by atoms with Crippen molar-refractivity contribution < 1.29 is 13.6 Å². The molecule has 0 saturated carbocycles. The molecule has 0 N–H and O–H groups in total. The number of aromatic nitrogens is 5. The summed E-state index contributed by atoms with van der Waals surface area (Å²) in [6, 6.07) is 11.6. The molecule has 5 rings (SSSR count). The fraction of sp³-hybridized carbons (Fsp3) is 0.375. The van der Waals surface area contributed by atoms with Crippen molar-refractivity contribution in [2.24, 2.45) is 0 Å². The lowest BCUT2D eigenvalue weighted by Crippen LogP contribution is -2.48. The molecule has 10 heteroatoms. The number of halogens is 1. The van der Waals surface area contributed by atoms with E-state index in [1.165, 1.54) is 4.68 Å². The smallest absolute Gasteiger partial charge is 0.300 e. The molecule has 1 fully saturated rings. The molecule has 1 aliphatic heterocycles. The van der Waals surface area contributed by atoms with Crippen LogP contribution < -0.4 is 4.90 Å². The zero-order valence-corrected chi connectivity index (χ0v) is 19.4. The summed E-state index contributed by atoms with van der Waals surface area (Å²) in [4.78, 5) is 25.8. The molecule has 176 valence electrons. The van der Waals surface area contributed by atoms with Gasteiger partial charge in [-0.25, -0.2) is 14.1 Å². The molecule has 0 aliphatic carbocycles. The second kappa shape index (κ2) is 8.51. The highest BCUT2D eigenvalue weighted by Crippen LogP contribution is 2.24. The lowest BCUT2D eigenvalue weighted by molar-refractivity contribution is 0.0745. The van der Waals surface area contributed by atoms with E-state index in [0.29, 0.717) is 54.7 Å². The Kier molecular flexibility index (Phi) is 5.51. The first-order valence-electron chi connectivity index (χ1n) is 11.2. The fourth-order valence-electron chi connectivity index (χ4n) is 3.86. The van der Waals surface area contributed by atoms with Gasteiger partial charge in [0.1, 0.15) is 12.4 Å². The lowest BCUT2D eigenvalue weighted by atomic mass is 10.1. The van der Waals surface area contributed by atoms with Gasteiger partial charge in [-0.05, 0) is 45.0 Å². The third-order valence-electron chi connectivity index (χ3n) is 6.09. The van der Waals surface area contributed by atoms with Crippen LogP contribution in [0.4, 0.5) is 10.4 Å². The molecule has 0 unspecified atom stereocenters. The van der Waals surface area contributed by atoms with Crippen molar-refractivity contribution in [3.63, 3.8) is 0 Å². The molecule has 0 bridgehead atoms. The number of alkyl halides is 1. The third kappa shape index (κ3) is 4.11. The number of fused-ring (bicyclic) bond motifs is 1. The molecule has 1 saturated heterocycles. The van der Waals surface area contributed by atoms with Crippen LogP contribution in [-0.2, 0) is 5.54 Å². The number of carbonyl (C=O) groups is 1. The van der Waals surface area contributed by atoms with Crippen LogP contribution in [0.1, 0.15) is 29.9 Å². The molecule has 3 aromatic heterocycles. The molecule has 4 heterocycles. The van der Waals surface area contributed by atoms with Gasteiger partial charge in [-0.3, -0.25) is 4.79 Å². The van der Waals surface area contributed by atoms with E-state index in [2.05, 4.69) is 20.3 Å². The van der Waals surface area contributed by atoms with Crippen LogP contribution in [0.25, 0.3) is 22.5 Å². The first-order chi connectivity index (χ1) is 16.3. The molecular weight excluding hydrogens is 437 g/mol. The summed E-state index contributed by atoms with van der Waals surface area (Å²) in [7, 11) is 0. The van der Waals surface area contributed by atoms with Gasteiger partial charge in [0.2, 0.25) is 5.65 Å². The van der Waals surface area contributed by atoms with Crippen LogP contribution in [0.3, 0.4) is 0 Å². The Labute approximate surface area is 196 Å². The highest BCUT2D eigenvalue weighted by atomic mass is 19.1. The third-order valence-corrected chi connectivity index (χ3v) is 6.09. The highest BCUT2D eigenvalue weighted by molar-refractivity contribution is 5.94. The lowest BCUT2D eigenvalue weighted by Gasteiger charge is -2.33. The minimum atomic E-state index is -0.753. The van der Waals surface area contributed by atoms with E-state index in [4.69, 9.17) is 4.42 Å². The Bertz CT molecular complexity index is 1320. The van der Waals surface area contributed by atoms with Crippen molar-refractivity contribution in [3.05, 3.63) is 53.9 Å². The summed E-state index contributed by atoms with van der Waals surface area (Å²) >= 11 is 0.